The summed E-state index contributed by atoms with van der Waals surface area (Å²) >= 11 is 0. The molecule has 0 aromatic rings. The van der Waals surface area contributed by atoms with E-state index in [4.69, 9.17) is 90.0 Å². The highest BCUT2D eigenvalue weighted by atomic mass is 16.6. The third kappa shape index (κ3) is 27.0. The number of rotatable bonds is 61. The molecule has 23 heteroatoms. The van der Waals surface area contributed by atoms with E-state index in [-0.39, 0.29) is 98.4 Å². The fraction of sp³-hybridized carbons (Fsp3) is 0.952. The summed E-state index contributed by atoms with van der Waals surface area (Å²) in [5.41, 5.74) is -0.0626. The molecule has 0 unspecified atom stereocenters. The average molecular weight is 1500 g/mol. The van der Waals surface area contributed by atoms with Gasteiger partial charge < -0.3 is 90.0 Å². The smallest absolute Gasteiger partial charge is 0.306 e. The van der Waals surface area contributed by atoms with E-state index >= 15 is 0 Å². The van der Waals surface area contributed by atoms with Gasteiger partial charge in [0.1, 0.15) is 26.4 Å². The van der Waals surface area contributed by atoms with Crippen molar-refractivity contribution >= 4 is 23.9 Å². The van der Waals surface area contributed by atoms with Crippen LogP contribution in [-0.4, -0.2) is 249 Å². The van der Waals surface area contributed by atoms with Crippen molar-refractivity contribution in [1.29, 1.82) is 0 Å². The molecular weight excluding hydrogens is 1360 g/mol. The number of carbonyl (C=O) groups is 4. The summed E-state index contributed by atoms with van der Waals surface area (Å²) in [7, 11) is 0. The molecule has 16 aliphatic carbocycles. The number of esters is 4. The SMILES string of the molecule is O=C(CC12CC3CC(CC(C3)C1)C2)OCCOCCOCCOCCOCC(COCCOCCOCCOCCOC(=O)CC12CC3CC(CC(C3)C1)C2)(COCCOCCOCCOCCOC(=O)CC12CC3CC(CC(C3)C1)C2)COCCOCCOCCOC(=O)CC12CC3CC(CC(C3)C1)C2. The molecule has 0 saturated heterocycles. The zero-order valence-electron chi connectivity index (χ0n) is 64.7. The monoisotopic (exact) mass is 1500 g/mol. The van der Waals surface area contributed by atoms with Crippen molar-refractivity contribution in [3.8, 4) is 0 Å². The van der Waals surface area contributed by atoms with E-state index in [0.717, 1.165) is 71.0 Å². The van der Waals surface area contributed by atoms with Gasteiger partial charge in [0.15, 0.2) is 0 Å². The van der Waals surface area contributed by atoms with Crippen LogP contribution in [0, 0.1) is 98.1 Å². The molecule has 16 bridgehead atoms. The molecule has 0 amide bonds. The third-order valence-electron chi connectivity index (χ3n) is 26.4. The van der Waals surface area contributed by atoms with Gasteiger partial charge in [0.25, 0.3) is 0 Å². The van der Waals surface area contributed by atoms with Crippen LogP contribution in [0.5, 0.6) is 0 Å². The summed E-state index contributed by atoms with van der Waals surface area (Å²) in [4.78, 5) is 51.4. The molecule has 606 valence electrons. The first kappa shape index (κ1) is 82.7. The van der Waals surface area contributed by atoms with Crippen molar-refractivity contribution < 1.29 is 109 Å². The second-order valence-electron chi connectivity index (χ2n) is 35.7. The first-order valence-electron chi connectivity index (χ1n) is 42.1. The maximum Gasteiger partial charge on any atom is 0.306 e. The van der Waals surface area contributed by atoms with Crippen molar-refractivity contribution in [3.05, 3.63) is 0 Å². The summed E-state index contributed by atoms with van der Waals surface area (Å²) < 4.78 is 112. The van der Waals surface area contributed by atoms with E-state index < -0.39 is 5.41 Å². The first-order valence-corrected chi connectivity index (χ1v) is 42.1. The minimum Gasteiger partial charge on any atom is -0.463 e. The van der Waals surface area contributed by atoms with Gasteiger partial charge in [0, 0.05) is 0 Å². The maximum atomic E-state index is 12.9. The van der Waals surface area contributed by atoms with Gasteiger partial charge in [0.05, 0.1) is 229 Å². The molecule has 0 aromatic carbocycles. The Labute approximate surface area is 632 Å². The minimum absolute atomic E-state index is 0.0849. The zero-order valence-corrected chi connectivity index (χ0v) is 64.7. The zero-order chi connectivity index (χ0) is 73.0. The maximum absolute atomic E-state index is 12.9. The molecule has 16 rings (SSSR count). The van der Waals surface area contributed by atoms with Gasteiger partial charge in [-0.05, 0) is 247 Å². The fourth-order valence-electron chi connectivity index (χ4n) is 24.1. The van der Waals surface area contributed by atoms with Crippen molar-refractivity contribution in [1.82, 2.24) is 0 Å². The van der Waals surface area contributed by atoms with Gasteiger partial charge in [0.2, 0.25) is 0 Å². The van der Waals surface area contributed by atoms with E-state index in [0.29, 0.717) is 197 Å². The standard InChI is InChI=1S/C83H136O23/c84-75(55-79-43-63-31-64(44-79)33-65(32-63)45-79)103-27-23-95-11-7-88-1-4-91-15-19-99-59-83(62-102-22-18-94-10-14-98-26-30-106-78(87)58-82-52-72-40-73(53-82)42-74(41-72)54-82,60-100-20-16-92-5-2-89-8-12-96-24-28-104-76(85)56-80-46-66-34-67(47-80)36-68(35-66)48-80)61-101-21-17-93-6-3-90-9-13-97-25-29-105-77(86)57-81-49-69-37-70(50-81)39-71(38-69)51-81/h63-74H,1-62H2. The van der Waals surface area contributed by atoms with Gasteiger partial charge in [-0.2, -0.15) is 0 Å². The number of hydrogen-bond donors (Lipinski definition) is 0. The third-order valence-corrected chi connectivity index (χ3v) is 26.4. The van der Waals surface area contributed by atoms with Crippen LogP contribution in [0.25, 0.3) is 0 Å². The van der Waals surface area contributed by atoms with E-state index in [9.17, 15) is 19.2 Å². The minimum atomic E-state index is -0.738. The average Bonchev–Trinajstić information content (AvgIpc) is 0.773. The molecule has 0 N–H and O–H groups in total. The summed E-state index contributed by atoms with van der Waals surface area (Å²) in [5.74, 6) is 9.32. The van der Waals surface area contributed by atoms with E-state index in [1.54, 1.807) is 0 Å². The highest BCUT2D eigenvalue weighted by molar-refractivity contribution is 5.71. The normalized spacial score (nSPS) is 32.9. The lowest BCUT2D eigenvalue weighted by Crippen LogP contribution is -2.47. The lowest BCUT2D eigenvalue weighted by atomic mass is 9.49. The van der Waals surface area contributed by atoms with Crippen molar-refractivity contribution in [2.75, 3.05) is 225 Å². The summed E-state index contributed by atoms with van der Waals surface area (Å²) in [6.07, 6.45) is 32.8. The largest absolute Gasteiger partial charge is 0.463 e. The lowest BCUT2D eigenvalue weighted by Gasteiger charge is -2.56. The molecule has 16 aliphatic rings. The molecule has 0 heterocycles. The Bertz CT molecular complexity index is 2230. The van der Waals surface area contributed by atoms with Crippen molar-refractivity contribution in [3.63, 3.8) is 0 Å². The Morgan fingerprint density at radius 1 is 0.189 bits per heavy atom. The van der Waals surface area contributed by atoms with E-state index in [2.05, 4.69) is 0 Å². The fourth-order valence-corrected chi connectivity index (χ4v) is 24.1. The van der Waals surface area contributed by atoms with Gasteiger partial charge in [-0.3, -0.25) is 19.2 Å². The quantitative estimate of drug-likeness (QED) is 0.0312. The predicted octanol–water partition coefficient (Wildman–Crippen LogP) is 10.8. The lowest BCUT2D eigenvalue weighted by molar-refractivity contribution is -0.154. The highest BCUT2D eigenvalue weighted by Crippen LogP contribution is 2.65. The predicted molar refractivity (Wildman–Crippen MR) is 389 cm³/mol. The highest BCUT2D eigenvalue weighted by Gasteiger charge is 2.55. The number of carbonyl (C=O) groups excluding carboxylic acids is 4. The van der Waals surface area contributed by atoms with Gasteiger partial charge >= 0.3 is 23.9 Å². The Kier molecular flexibility index (Phi) is 33.5. The molecule has 16 saturated carbocycles. The molecule has 0 aliphatic heterocycles. The summed E-state index contributed by atoms with van der Waals surface area (Å²) in [5, 5.41) is 0. The Morgan fingerprint density at radius 2 is 0.311 bits per heavy atom. The van der Waals surface area contributed by atoms with Crippen LogP contribution < -0.4 is 0 Å². The van der Waals surface area contributed by atoms with Gasteiger partial charge in [-0.1, -0.05) is 0 Å². The molecule has 0 aromatic heterocycles. The summed E-state index contributed by atoms with van der Waals surface area (Å²) in [6, 6.07) is 0. The molecule has 0 spiro atoms. The second kappa shape index (κ2) is 43.0. The number of ether oxygens (including phenoxy) is 19. The van der Waals surface area contributed by atoms with Crippen LogP contribution in [-0.2, 0) is 109 Å². The molecule has 0 atom stereocenters. The topological polar surface area (TPSA) is 244 Å². The molecule has 0 radical (unpaired) electrons. The van der Waals surface area contributed by atoms with Crippen LogP contribution in [0.15, 0.2) is 0 Å². The second-order valence-corrected chi connectivity index (χ2v) is 35.7. The Balaban J connectivity index is 0.521. The van der Waals surface area contributed by atoms with Crippen molar-refractivity contribution in [2.24, 2.45) is 98.1 Å². The van der Waals surface area contributed by atoms with Crippen LogP contribution in [0.1, 0.15) is 180 Å². The van der Waals surface area contributed by atoms with Crippen LogP contribution in [0.3, 0.4) is 0 Å². The molecule has 106 heavy (non-hydrogen) atoms. The van der Waals surface area contributed by atoms with E-state index in [1.807, 2.05) is 0 Å². The van der Waals surface area contributed by atoms with Crippen molar-refractivity contribution in [2.45, 2.75) is 180 Å². The molecule has 23 nitrogen and oxygen atoms in total. The molecule has 16 fully saturated rings. The van der Waals surface area contributed by atoms with E-state index in [1.165, 1.54) is 154 Å². The first-order chi connectivity index (χ1) is 51.8. The summed E-state index contributed by atoms with van der Waals surface area (Å²) in [6.45, 7) is 11.3. The molecular formula is C83H136O23. The van der Waals surface area contributed by atoms with Crippen LogP contribution >= 0.6 is 0 Å². The Hall–Kier alpha value is -2.72. The van der Waals surface area contributed by atoms with Crippen LogP contribution in [0.4, 0.5) is 0 Å². The van der Waals surface area contributed by atoms with Crippen LogP contribution in [0.2, 0.25) is 0 Å². The Morgan fingerprint density at radius 3 is 0.453 bits per heavy atom. The van der Waals surface area contributed by atoms with Gasteiger partial charge in [-0.15, -0.1) is 0 Å². The van der Waals surface area contributed by atoms with Gasteiger partial charge in [-0.25, -0.2) is 0 Å². The number of hydrogen-bond acceptors (Lipinski definition) is 23.